The average molecular weight is 219 g/mol. The molecule has 2 heterocycles. The zero-order valence-electron chi connectivity index (χ0n) is 8.36. The quantitative estimate of drug-likeness (QED) is 0.691. The van der Waals surface area contributed by atoms with Crippen molar-refractivity contribution in [3.05, 3.63) is 29.8 Å². The second-order valence-corrected chi connectivity index (χ2v) is 5.14. The van der Waals surface area contributed by atoms with Crippen molar-refractivity contribution in [2.75, 3.05) is 12.3 Å². The van der Waals surface area contributed by atoms with Crippen molar-refractivity contribution in [3.8, 4) is 0 Å². The minimum absolute atomic E-state index is 0.0219. The van der Waals surface area contributed by atoms with Gasteiger partial charge in [-0.1, -0.05) is 18.2 Å². The monoisotopic (exact) mass is 219 g/mol. The summed E-state index contributed by atoms with van der Waals surface area (Å²) in [7, 11) is 0. The molecule has 0 saturated heterocycles. The SMILES string of the molecule is NC1=NCC2(CCSc3ccccc32)N1. The van der Waals surface area contributed by atoms with Crippen LogP contribution in [0, 0.1) is 0 Å². The minimum atomic E-state index is -0.0219. The van der Waals surface area contributed by atoms with Gasteiger partial charge in [0.2, 0.25) is 0 Å². The molecule has 0 aliphatic carbocycles. The summed E-state index contributed by atoms with van der Waals surface area (Å²) in [6, 6.07) is 8.53. The lowest BCUT2D eigenvalue weighted by Crippen LogP contribution is -2.47. The van der Waals surface area contributed by atoms with Gasteiger partial charge in [-0.15, -0.1) is 11.8 Å². The predicted molar refractivity (Wildman–Crippen MR) is 63.1 cm³/mol. The fourth-order valence-corrected chi connectivity index (χ4v) is 3.56. The first-order chi connectivity index (χ1) is 7.30. The zero-order chi connectivity index (χ0) is 10.3. The summed E-state index contributed by atoms with van der Waals surface area (Å²) < 4.78 is 0. The third-order valence-corrected chi connectivity index (χ3v) is 4.15. The van der Waals surface area contributed by atoms with Crippen molar-refractivity contribution < 1.29 is 0 Å². The van der Waals surface area contributed by atoms with Crippen LogP contribution in [-0.4, -0.2) is 18.3 Å². The molecule has 3 nitrogen and oxygen atoms in total. The second kappa shape index (κ2) is 3.17. The van der Waals surface area contributed by atoms with Gasteiger partial charge in [0.25, 0.3) is 0 Å². The Kier molecular flexibility index (Phi) is 1.92. The Hall–Kier alpha value is -1.16. The van der Waals surface area contributed by atoms with Gasteiger partial charge in [0.1, 0.15) is 0 Å². The predicted octanol–water partition coefficient (Wildman–Crippen LogP) is 1.30. The number of nitrogens with two attached hydrogens (primary N) is 1. The van der Waals surface area contributed by atoms with Crippen molar-refractivity contribution >= 4 is 17.7 Å². The standard InChI is InChI=1S/C11H13N3S/c12-10-13-7-11(14-10)5-6-15-9-4-2-1-3-8(9)11/h1-4H,5-7H2,(H3,12,13,14). The molecular formula is C11H13N3S. The fourth-order valence-electron chi connectivity index (χ4n) is 2.30. The Labute approximate surface area is 93.2 Å². The van der Waals surface area contributed by atoms with Gasteiger partial charge in [-0.05, 0) is 18.1 Å². The van der Waals surface area contributed by atoms with Gasteiger partial charge in [0, 0.05) is 10.6 Å². The summed E-state index contributed by atoms with van der Waals surface area (Å²) in [5.41, 5.74) is 7.06. The van der Waals surface area contributed by atoms with Crippen LogP contribution in [0.15, 0.2) is 34.2 Å². The summed E-state index contributed by atoms with van der Waals surface area (Å²) in [6.45, 7) is 0.774. The van der Waals surface area contributed by atoms with Gasteiger partial charge in [-0.2, -0.15) is 0 Å². The summed E-state index contributed by atoms with van der Waals surface area (Å²) in [5.74, 6) is 1.71. The van der Waals surface area contributed by atoms with Crippen molar-refractivity contribution in [3.63, 3.8) is 0 Å². The van der Waals surface area contributed by atoms with E-state index in [1.165, 1.54) is 10.5 Å². The maximum atomic E-state index is 5.73. The van der Waals surface area contributed by atoms with E-state index in [1.54, 1.807) is 0 Å². The fraction of sp³-hybridized carbons (Fsp3) is 0.364. The molecule has 1 aromatic carbocycles. The molecule has 0 radical (unpaired) electrons. The van der Waals surface area contributed by atoms with Crippen LogP contribution in [0.4, 0.5) is 0 Å². The maximum Gasteiger partial charge on any atom is 0.189 e. The molecule has 0 fully saturated rings. The number of aliphatic imine (C=N–C) groups is 1. The highest BCUT2D eigenvalue weighted by Gasteiger charge is 2.40. The van der Waals surface area contributed by atoms with Gasteiger partial charge in [-0.25, -0.2) is 0 Å². The molecule has 0 amide bonds. The normalized spacial score (nSPS) is 28.4. The van der Waals surface area contributed by atoms with Gasteiger partial charge < -0.3 is 11.1 Å². The molecule has 1 aromatic rings. The third-order valence-electron chi connectivity index (χ3n) is 3.08. The Morgan fingerprint density at radius 3 is 3.07 bits per heavy atom. The van der Waals surface area contributed by atoms with E-state index in [0.29, 0.717) is 5.96 Å². The zero-order valence-corrected chi connectivity index (χ0v) is 9.18. The molecule has 0 aromatic heterocycles. The molecule has 78 valence electrons. The Morgan fingerprint density at radius 1 is 1.40 bits per heavy atom. The van der Waals surface area contributed by atoms with Crippen LogP contribution in [-0.2, 0) is 5.54 Å². The molecule has 3 rings (SSSR count). The largest absolute Gasteiger partial charge is 0.370 e. The maximum absolute atomic E-state index is 5.73. The number of guanidine groups is 1. The van der Waals surface area contributed by atoms with Gasteiger partial charge >= 0.3 is 0 Å². The molecule has 1 spiro atoms. The minimum Gasteiger partial charge on any atom is -0.370 e. The molecule has 15 heavy (non-hydrogen) atoms. The van der Waals surface area contributed by atoms with E-state index in [1.807, 2.05) is 11.8 Å². The Morgan fingerprint density at radius 2 is 2.27 bits per heavy atom. The van der Waals surface area contributed by atoms with E-state index in [0.717, 1.165) is 18.7 Å². The number of nitrogens with one attached hydrogen (secondary N) is 1. The van der Waals surface area contributed by atoms with Gasteiger partial charge in [0.15, 0.2) is 5.96 Å². The average Bonchev–Trinajstić information content (AvgIpc) is 2.62. The summed E-state index contributed by atoms with van der Waals surface area (Å²) in [6.07, 6.45) is 1.10. The first kappa shape index (κ1) is 9.09. The smallest absolute Gasteiger partial charge is 0.189 e. The molecule has 2 aliphatic heterocycles. The first-order valence-corrected chi connectivity index (χ1v) is 6.09. The Bertz CT molecular complexity index is 430. The third kappa shape index (κ3) is 1.32. The van der Waals surface area contributed by atoms with Gasteiger partial charge in [-0.3, -0.25) is 4.99 Å². The van der Waals surface area contributed by atoms with Crippen LogP contribution in [0.1, 0.15) is 12.0 Å². The van der Waals surface area contributed by atoms with Crippen LogP contribution in [0.5, 0.6) is 0 Å². The van der Waals surface area contributed by atoms with Crippen molar-refractivity contribution in [1.29, 1.82) is 0 Å². The number of hydrogen-bond donors (Lipinski definition) is 2. The van der Waals surface area contributed by atoms with E-state index < -0.39 is 0 Å². The first-order valence-electron chi connectivity index (χ1n) is 5.11. The molecule has 1 unspecified atom stereocenters. The summed E-state index contributed by atoms with van der Waals surface area (Å²) in [4.78, 5) is 5.65. The van der Waals surface area contributed by atoms with E-state index >= 15 is 0 Å². The van der Waals surface area contributed by atoms with E-state index in [2.05, 4.69) is 34.6 Å². The Balaban J connectivity index is 2.07. The van der Waals surface area contributed by atoms with Crippen molar-refractivity contribution in [2.24, 2.45) is 10.7 Å². The van der Waals surface area contributed by atoms with Crippen LogP contribution in [0.3, 0.4) is 0 Å². The lowest BCUT2D eigenvalue weighted by molar-refractivity contribution is 0.406. The lowest BCUT2D eigenvalue weighted by atomic mass is 9.87. The lowest BCUT2D eigenvalue weighted by Gasteiger charge is -2.35. The molecule has 0 bridgehead atoms. The van der Waals surface area contributed by atoms with E-state index in [4.69, 9.17) is 5.73 Å². The van der Waals surface area contributed by atoms with Crippen molar-refractivity contribution in [1.82, 2.24) is 5.32 Å². The topological polar surface area (TPSA) is 50.4 Å². The van der Waals surface area contributed by atoms with Gasteiger partial charge in [0.05, 0.1) is 12.1 Å². The molecular weight excluding hydrogens is 206 g/mol. The highest BCUT2D eigenvalue weighted by molar-refractivity contribution is 7.99. The number of fused-ring (bicyclic) bond motifs is 2. The molecule has 1 atom stereocenters. The number of hydrogen-bond acceptors (Lipinski definition) is 4. The van der Waals surface area contributed by atoms with E-state index in [9.17, 15) is 0 Å². The molecule has 3 N–H and O–H groups in total. The molecule has 2 aliphatic rings. The highest BCUT2D eigenvalue weighted by atomic mass is 32.2. The van der Waals surface area contributed by atoms with Crippen LogP contribution in [0.25, 0.3) is 0 Å². The number of nitrogens with zero attached hydrogens (tertiary/aromatic N) is 1. The van der Waals surface area contributed by atoms with Crippen molar-refractivity contribution in [2.45, 2.75) is 16.9 Å². The second-order valence-electron chi connectivity index (χ2n) is 4.00. The van der Waals surface area contributed by atoms with Crippen LogP contribution < -0.4 is 11.1 Å². The number of rotatable bonds is 0. The van der Waals surface area contributed by atoms with Crippen LogP contribution in [0.2, 0.25) is 0 Å². The summed E-state index contributed by atoms with van der Waals surface area (Å²) >= 11 is 1.92. The highest BCUT2D eigenvalue weighted by Crippen LogP contribution is 2.41. The summed E-state index contributed by atoms with van der Waals surface area (Å²) in [5, 5.41) is 3.34. The van der Waals surface area contributed by atoms with E-state index in [-0.39, 0.29) is 5.54 Å². The number of thioether (sulfide) groups is 1. The van der Waals surface area contributed by atoms with Crippen LogP contribution >= 0.6 is 11.8 Å². The number of benzene rings is 1. The molecule has 0 saturated carbocycles. The molecule has 4 heteroatoms.